The van der Waals surface area contributed by atoms with Gasteiger partial charge < -0.3 is 20.5 Å². The maximum atomic E-state index is 12.4. The number of hydrogen-bond donors (Lipinski definition) is 3. The van der Waals surface area contributed by atoms with E-state index in [1.807, 2.05) is 0 Å². The molecule has 0 aliphatic heterocycles. The molecule has 128 valence electrons. The molecule has 0 saturated carbocycles. The lowest BCUT2D eigenvalue weighted by Crippen LogP contribution is -2.41. The normalized spacial score (nSPS) is 12.2. The van der Waals surface area contributed by atoms with Gasteiger partial charge >= 0.3 is 11.7 Å². The summed E-state index contributed by atoms with van der Waals surface area (Å²) in [5.74, 6) is -1.10. The number of carboxylic acid groups (broad SMARTS) is 1. The third-order valence-electron chi connectivity index (χ3n) is 4.00. The first-order valence-corrected chi connectivity index (χ1v) is 7.28. The monoisotopic (exact) mass is 333 g/mol. The van der Waals surface area contributed by atoms with Crippen molar-refractivity contribution in [2.45, 2.75) is 26.0 Å². The third-order valence-corrected chi connectivity index (χ3v) is 4.00. The smallest absolute Gasteiger partial charge is 0.335 e. The van der Waals surface area contributed by atoms with Gasteiger partial charge in [-0.15, -0.1) is 0 Å². The minimum atomic E-state index is -1.10. The summed E-state index contributed by atoms with van der Waals surface area (Å²) in [6.07, 6.45) is 0.137. The van der Waals surface area contributed by atoms with E-state index in [2.05, 4.69) is 0 Å². The number of aliphatic carboxylic acids is 1. The van der Waals surface area contributed by atoms with Crippen LogP contribution in [0.4, 0.5) is 0 Å². The molecule has 1 aromatic heterocycles. The van der Waals surface area contributed by atoms with Crippen molar-refractivity contribution >= 4 is 5.97 Å². The van der Waals surface area contributed by atoms with Crippen LogP contribution in [0.15, 0.2) is 33.9 Å². The van der Waals surface area contributed by atoms with E-state index in [4.69, 9.17) is 10.8 Å². The summed E-state index contributed by atoms with van der Waals surface area (Å²) >= 11 is 0. The highest BCUT2D eigenvalue weighted by Crippen LogP contribution is 2.09. The second kappa shape index (κ2) is 6.81. The first kappa shape index (κ1) is 17.6. The maximum Gasteiger partial charge on any atom is 0.335 e. The number of aromatic nitrogens is 2. The van der Waals surface area contributed by atoms with Gasteiger partial charge in [-0.3, -0.25) is 9.59 Å². The molecule has 1 atom stereocenters. The van der Waals surface area contributed by atoms with Crippen molar-refractivity contribution in [2.75, 3.05) is 0 Å². The van der Waals surface area contributed by atoms with Gasteiger partial charge in [0.05, 0.1) is 17.9 Å². The second-order valence-electron chi connectivity index (χ2n) is 5.52. The van der Waals surface area contributed by atoms with Crippen molar-refractivity contribution in [1.82, 2.24) is 9.13 Å². The van der Waals surface area contributed by atoms with E-state index in [0.29, 0.717) is 16.9 Å². The molecule has 8 heteroatoms. The van der Waals surface area contributed by atoms with E-state index in [0.717, 1.165) is 4.57 Å². The van der Waals surface area contributed by atoms with Crippen molar-refractivity contribution in [3.05, 3.63) is 61.9 Å². The van der Waals surface area contributed by atoms with Crippen LogP contribution in [-0.4, -0.2) is 31.4 Å². The Kier molecular flexibility index (Phi) is 5.01. The van der Waals surface area contributed by atoms with E-state index in [1.54, 1.807) is 31.2 Å². The zero-order chi connectivity index (χ0) is 18.0. The second-order valence-corrected chi connectivity index (χ2v) is 5.52. The Bertz CT molecular complexity index is 880. The van der Waals surface area contributed by atoms with E-state index >= 15 is 0 Å². The summed E-state index contributed by atoms with van der Waals surface area (Å²) < 4.78 is 2.26. The third kappa shape index (κ3) is 3.15. The molecule has 0 radical (unpaired) electrons. The number of benzene rings is 1. The number of carbonyl (C=O) groups is 1. The largest absolute Gasteiger partial charge is 0.480 e. The lowest BCUT2D eigenvalue weighted by atomic mass is 10.1. The number of hydrogen-bond acceptors (Lipinski definition) is 5. The van der Waals surface area contributed by atoms with Crippen LogP contribution >= 0.6 is 0 Å². The highest BCUT2D eigenvalue weighted by molar-refractivity contribution is 5.73. The van der Waals surface area contributed by atoms with Crippen LogP contribution in [-0.2, 0) is 24.9 Å². The van der Waals surface area contributed by atoms with Crippen LogP contribution in [0.1, 0.15) is 16.8 Å². The first-order valence-electron chi connectivity index (χ1n) is 7.28. The van der Waals surface area contributed by atoms with Gasteiger partial charge in [0.2, 0.25) is 0 Å². The molecule has 4 N–H and O–H groups in total. The quantitative estimate of drug-likeness (QED) is 0.663. The molecule has 8 nitrogen and oxygen atoms in total. The number of aliphatic hydroxyl groups is 1. The van der Waals surface area contributed by atoms with E-state index in [1.165, 1.54) is 11.6 Å². The highest BCUT2D eigenvalue weighted by atomic mass is 16.4. The predicted molar refractivity (Wildman–Crippen MR) is 87.3 cm³/mol. The molecule has 1 unspecified atom stereocenters. The molecular formula is C16H19N3O5. The molecule has 1 heterocycles. The average molecular weight is 333 g/mol. The Morgan fingerprint density at radius 1 is 1.25 bits per heavy atom. The van der Waals surface area contributed by atoms with Crippen LogP contribution in [0.3, 0.4) is 0 Å². The summed E-state index contributed by atoms with van der Waals surface area (Å²) in [5, 5.41) is 18.2. The summed E-state index contributed by atoms with van der Waals surface area (Å²) in [5.41, 5.74) is 5.95. The standard InChI is InChI=1S/C16H19N3O5/c1-9-12(8-20)14(21)19(16(24)18(9)2)11-5-3-10(4-6-11)7-13(17)15(22)23/h3-6,13,20H,7-8,17H2,1-2H3,(H,22,23). The molecule has 0 bridgehead atoms. The fourth-order valence-corrected chi connectivity index (χ4v) is 2.40. The number of aliphatic hydroxyl groups excluding tert-OH is 1. The summed E-state index contributed by atoms with van der Waals surface area (Å²) in [6.45, 7) is 1.12. The molecule has 0 aliphatic carbocycles. The summed E-state index contributed by atoms with van der Waals surface area (Å²) in [7, 11) is 1.52. The van der Waals surface area contributed by atoms with Crippen molar-refractivity contribution in [3.63, 3.8) is 0 Å². The molecule has 0 spiro atoms. The van der Waals surface area contributed by atoms with Crippen molar-refractivity contribution < 1.29 is 15.0 Å². The Morgan fingerprint density at radius 3 is 2.33 bits per heavy atom. The highest BCUT2D eigenvalue weighted by Gasteiger charge is 2.16. The topological polar surface area (TPSA) is 128 Å². The van der Waals surface area contributed by atoms with Gasteiger partial charge in [0.25, 0.3) is 5.56 Å². The SMILES string of the molecule is Cc1c(CO)c(=O)n(-c2ccc(CC(N)C(=O)O)cc2)c(=O)n1C. The fourth-order valence-electron chi connectivity index (χ4n) is 2.40. The fraction of sp³-hybridized carbons (Fsp3) is 0.312. The number of rotatable bonds is 5. The van der Waals surface area contributed by atoms with Crippen LogP contribution < -0.4 is 17.0 Å². The van der Waals surface area contributed by atoms with E-state index in [-0.39, 0.29) is 12.0 Å². The zero-order valence-electron chi connectivity index (χ0n) is 13.4. The van der Waals surface area contributed by atoms with Gasteiger partial charge in [0.15, 0.2) is 0 Å². The van der Waals surface area contributed by atoms with Crippen LogP contribution in [0.2, 0.25) is 0 Å². The first-order chi connectivity index (χ1) is 11.3. The Hall–Kier alpha value is -2.71. The van der Waals surface area contributed by atoms with Gasteiger partial charge in [-0.25, -0.2) is 9.36 Å². The van der Waals surface area contributed by atoms with Crippen LogP contribution in [0.25, 0.3) is 5.69 Å². The number of nitrogens with two attached hydrogens (primary N) is 1. The lowest BCUT2D eigenvalue weighted by Gasteiger charge is -2.13. The van der Waals surface area contributed by atoms with Crippen molar-refractivity contribution in [3.8, 4) is 5.69 Å². The molecule has 24 heavy (non-hydrogen) atoms. The van der Waals surface area contributed by atoms with E-state index in [9.17, 15) is 19.5 Å². The van der Waals surface area contributed by atoms with Gasteiger partial charge in [-0.2, -0.15) is 0 Å². The van der Waals surface area contributed by atoms with Gasteiger partial charge in [0.1, 0.15) is 6.04 Å². The number of carboxylic acids is 1. The number of nitrogens with zero attached hydrogens (tertiary/aromatic N) is 2. The molecule has 2 aromatic rings. The van der Waals surface area contributed by atoms with Gasteiger partial charge in [-0.1, -0.05) is 12.1 Å². The maximum absolute atomic E-state index is 12.4. The molecule has 0 saturated heterocycles. The molecule has 0 amide bonds. The minimum Gasteiger partial charge on any atom is -0.480 e. The molecule has 0 aliphatic rings. The van der Waals surface area contributed by atoms with Crippen molar-refractivity contribution in [2.24, 2.45) is 12.8 Å². The summed E-state index contributed by atoms with van der Waals surface area (Å²) in [6, 6.07) is 5.30. The molecule has 0 fully saturated rings. The lowest BCUT2D eigenvalue weighted by molar-refractivity contribution is -0.138. The van der Waals surface area contributed by atoms with Gasteiger partial charge in [0, 0.05) is 12.7 Å². The Balaban J connectivity index is 2.50. The molecule has 1 aromatic carbocycles. The van der Waals surface area contributed by atoms with Crippen molar-refractivity contribution in [1.29, 1.82) is 0 Å². The predicted octanol–water partition coefficient (Wildman–Crippen LogP) is -0.709. The average Bonchev–Trinajstić information content (AvgIpc) is 2.55. The van der Waals surface area contributed by atoms with Crippen LogP contribution in [0.5, 0.6) is 0 Å². The Morgan fingerprint density at radius 2 is 1.83 bits per heavy atom. The zero-order valence-corrected chi connectivity index (χ0v) is 13.4. The van der Waals surface area contributed by atoms with Crippen LogP contribution in [0, 0.1) is 6.92 Å². The minimum absolute atomic E-state index is 0.137. The molecule has 2 rings (SSSR count). The van der Waals surface area contributed by atoms with Gasteiger partial charge in [-0.05, 0) is 31.0 Å². The Labute approximate surface area is 137 Å². The summed E-state index contributed by atoms with van der Waals surface area (Å²) in [4.78, 5) is 35.6. The van der Waals surface area contributed by atoms with E-state index < -0.39 is 29.9 Å². The molecular weight excluding hydrogens is 314 g/mol.